The summed E-state index contributed by atoms with van der Waals surface area (Å²) in [6, 6.07) is 13.7. The average molecular weight is 402 g/mol. The fourth-order valence-electron chi connectivity index (χ4n) is 3.76. The zero-order valence-electron chi connectivity index (χ0n) is 15.7. The molecule has 2 aromatic rings. The summed E-state index contributed by atoms with van der Waals surface area (Å²) >= 11 is 0. The minimum atomic E-state index is -3.81. The minimum absolute atomic E-state index is 0.206. The van der Waals surface area contributed by atoms with Gasteiger partial charge in [-0.2, -0.15) is 0 Å². The lowest BCUT2D eigenvalue weighted by atomic mass is 10.2. The second kappa shape index (κ2) is 6.70. The van der Waals surface area contributed by atoms with Crippen LogP contribution in [0.3, 0.4) is 0 Å². The number of hydrogen-bond donors (Lipinski definition) is 1. The van der Waals surface area contributed by atoms with Crippen molar-refractivity contribution in [2.45, 2.75) is 18.1 Å². The molecule has 1 N–H and O–H groups in total. The van der Waals surface area contributed by atoms with E-state index >= 15 is 0 Å². The topological polar surface area (TPSA) is 84.9 Å². The van der Waals surface area contributed by atoms with Crippen molar-refractivity contribution >= 4 is 27.3 Å². The molecular formula is C20H22N2O5S. The molecule has 0 radical (unpaired) electrons. The number of ether oxygens (including phenoxy) is 2. The van der Waals surface area contributed by atoms with Crippen LogP contribution in [-0.2, 0) is 14.8 Å². The SMILES string of the molecule is CCOc1ccc(NC(=O)[C@]23C[C@H]2CN(c2ccc(OC)cc2)S3(=O)=O)cc1. The Hall–Kier alpha value is -2.74. The molecule has 148 valence electrons. The Morgan fingerprint density at radius 2 is 1.79 bits per heavy atom. The monoisotopic (exact) mass is 402 g/mol. The summed E-state index contributed by atoms with van der Waals surface area (Å²) in [6.45, 7) is 2.75. The van der Waals surface area contributed by atoms with Gasteiger partial charge in [-0.3, -0.25) is 9.10 Å². The number of benzene rings is 2. The second-order valence-electron chi connectivity index (χ2n) is 6.94. The molecule has 0 aromatic heterocycles. The quantitative estimate of drug-likeness (QED) is 0.803. The summed E-state index contributed by atoms with van der Waals surface area (Å²) in [5, 5.41) is 2.76. The summed E-state index contributed by atoms with van der Waals surface area (Å²) < 4.78 is 36.8. The first-order valence-corrected chi connectivity index (χ1v) is 10.6. The van der Waals surface area contributed by atoms with Crippen LogP contribution in [0.1, 0.15) is 13.3 Å². The normalized spacial score (nSPS) is 24.4. The van der Waals surface area contributed by atoms with Gasteiger partial charge in [0.25, 0.3) is 0 Å². The molecule has 1 aliphatic heterocycles. The van der Waals surface area contributed by atoms with Crippen LogP contribution in [0.15, 0.2) is 48.5 Å². The zero-order valence-corrected chi connectivity index (χ0v) is 16.5. The van der Waals surface area contributed by atoms with E-state index < -0.39 is 20.7 Å². The Morgan fingerprint density at radius 1 is 1.14 bits per heavy atom. The number of amides is 1. The maximum Gasteiger partial charge on any atom is 0.250 e. The number of nitrogens with one attached hydrogen (secondary N) is 1. The fraction of sp³-hybridized carbons (Fsp3) is 0.350. The first-order valence-electron chi connectivity index (χ1n) is 9.13. The summed E-state index contributed by atoms with van der Waals surface area (Å²) in [4.78, 5) is 12.9. The lowest BCUT2D eigenvalue weighted by Crippen LogP contribution is -2.42. The van der Waals surface area contributed by atoms with E-state index in [9.17, 15) is 13.2 Å². The number of carbonyl (C=O) groups is 1. The van der Waals surface area contributed by atoms with E-state index in [-0.39, 0.29) is 5.92 Å². The lowest BCUT2D eigenvalue weighted by Gasteiger charge is -2.23. The van der Waals surface area contributed by atoms with Gasteiger partial charge < -0.3 is 14.8 Å². The lowest BCUT2D eigenvalue weighted by molar-refractivity contribution is -0.116. The van der Waals surface area contributed by atoms with Crippen molar-refractivity contribution < 1.29 is 22.7 Å². The average Bonchev–Trinajstić information content (AvgIpc) is 3.39. The van der Waals surface area contributed by atoms with Crippen molar-refractivity contribution in [1.82, 2.24) is 0 Å². The predicted molar refractivity (Wildman–Crippen MR) is 106 cm³/mol. The largest absolute Gasteiger partial charge is 0.497 e. The van der Waals surface area contributed by atoms with E-state index in [0.717, 1.165) is 0 Å². The molecule has 2 atom stereocenters. The molecule has 0 bridgehead atoms. The summed E-state index contributed by atoms with van der Waals surface area (Å²) in [5.41, 5.74) is 1.09. The van der Waals surface area contributed by atoms with Crippen molar-refractivity contribution in [3.63, 3.8) is 0 Å². The Balaban J connectivity index is 1.54. The number of sulfonamides is 1. The molecule has 1 amide bonds. The Labute approximate surface area is 164 Å². The second-order valence-corrected chi connectivity index (χ2v) is 9.06. The molecule has 0 spiro atoms. The van der Waals surface area contributed by atoms with Crippen molar-refractivity contribution in [3.05, 3.63) is 48.5 Å². The molecule has 4 rings (SSSR count). The first kappa shape index (κ1) is 18.6. The Bertz CT molecular complexity index is 988. The molecule has 1 heterocycles. The van der Waals surface area contributed by atoms with Crippen LogP contribution in [0.5, 0.6) is 11.5 Å². The number of rotatable bonds is 6. The molecule has 7 nitrogen and oxygen atoms in total. The van der Waals surface area contributed by atoms with E-state index in [2.05, 4.69) is 5.32 Å². The van der Waals surface area contributed by atoms with Gasteiger partial charge in [-0.15, -0.1) is 0 Å². The van der Waals surface area contributed by atoms with Crippen LogP contribution in [0.25, 0.3) is 0 Å². The van der Waals surface area contributed by atoms with E-state index in [1.54, 1.807) is 55.6 Å². The zero-order chi connectivity index (χ0) is 19.9. The molecule has 0 unspecified atom stereocenters. The van der Waals surface area contributed by atoms with Crippen LogP contribution in [0, 0.1) is 5.92 Å². The van der Waals surface area contributed by atoms with Crippen molar-refractivity contribution in [3.8, 4) is 11.5 Å². The summed E-state index contributed by atoms with van der Waals surface area (Å²) in [5.74, 6) is 0.663. The highest BCUT2D eigenvalue weighted by Gasteiger charge is 2.75. The molecule has 2 aromatic carbocycles. The number of hydrogen-bond acceptors (Lipinski definition) is 5. The van der Waals surface area contributed by atoms with Gasteiger partial charge in [0.15, 0.2) is 4.75 Å². The standard InChI is InChI=1S/C20H22N2O5S/c1-3-27-18-8-4-15(5-9-18)21-19(23)20-12-14(20)13-22(28(20,24)25)16-6-10-17(26-2)11-7-16/h4-11,14H,3,12-13H2,1-2H3,(H,21,23)/t14-,20-/m0/s1. The minimum Gasteiger partial charge on any atom is -0.497 e. The van der Waals surface area contributed by atoms with Gasteiger partial charge in [-0.1, -0.05) is 0 Å². The summed E-state index contributed by atoms with van der Waals surface area (Å²) in [6.07, 6.45) is 0.352. The van der Waals surface area contributed by atoms with Crippen LogP contribution in [0.2, 0.25) is 0 Å². The van der Waals surface area contributed by atoms with Gasteiger partial charge in [0.05, 0.1) is 19.4 Å². The Kier molecular flexibility index (Phi) is 4.45. The number of carbonyl (C=O) groups excluding carboxylic acids is 1. The number of nitrogens with zero attached hydrogens (tertiary/aromatic N) is 1. The van der Waals surface area contributed by atoms with Gasteiger partial charge in [0, 0.05) is 18.2 Å². The van der Waals surface area contributed by atoms with Crippen LogP contribution in [-0.4, -0.2) is 39.3 Å². The van der Waals surface area contributed by atoms with Crippen molar-refractivity contribution in [2.75, 3.05) is 29.9 Å². The van der Waals surface area contributed by atoms with E-state index in [1.165, 1.54) is 4.31 Å². The van der Waals surface area contributed by atoms with Crippen LogP contribution < -0.4 is 19.1 Å². The molecule has 1 saturated carbocycles. The van der Waals surface area contributed by atoms with Gasteiger partial charge in [-0.05, 0) is 61.9 Å². The highest BCUT2D eigenvalue weighted by Crippen LogP contribution is 2.58. The molecule has 2 fully saturated rings. The third-order valence-corrected chi connectivity index (χ3v) is 7.90. The van der Waals surface area contributed by atoms with Crippen LogP contribution in [0.4, 0.5) is 11.4 Å². The van der Waals surface area contributed by atoms with Gasteiger partial charge in [-0.25, -0.2) is 8.42 Å². The molecule has 1 saturated heterocycles. The first-order chi connectivity index (χ1) is 13.4. The maximum absolute atomic E-state index is 13.2. The van der Waals surface area contributed by atoms with Crippen molar-refractivity contribution in [1.29, 1.82) is 0 Å². The molecular weight excluding hydrogens is 380 g/mol. The maximum atomic E-state index is 13.2. The molecule has 8 heteroatoms. The van der Waals surface area contributed by atoms with E-state index in [0.29, 0.717) is 42.4 Å². The number of fused-ring (bicyclic) bond motifs is 1. The number of anilines is 2. The van der Waals surface area contributed by atoms with Crippen molar-refractivity contribution in [2.24, 2.45) is 5.92 Å². The number of methoxy groups -OCH3 is 1. The highest BCUT2D eigenvalue weighted by atomic mass is 32.2. The van der Waals surface area contributed by atoms with Crippen LogP contribution >= 0.6 is 0 Å². The molecule has 28 heavy (non-hydrogen) atoms. The third kappa shape index (κ3) is 2.79. The third-order valence-electron chi connectivity index (χ3n) is 5.35. The Morgan fingerprint density at radius 3 is 2.39 bits per heavy atom. The fourth-order valence-corrected chi connectivity index (χ4v) is 6.12. The predicted octanol–water partition coefficient (Wildman–Crippen LogP) is 2.64. The van der Waals surface area contributed by atoms with Gasteiger partial charge in [0.1, 0.15) is 11.5 Å². The van der Waals surface area contributed by atoms with E-state index in [4.69, 9.17) is 9.47 Å². The van der Waals surface area contributed by atoms with E-state index in [1.807, 2.05) is 6.92 Å². The smallest absolute Gasteiger partial charge is 0.250 e. The van der Waals surface area contributed by atoms with Gasteiger partial charge in [0.2, 0.25) is 15.9 Å². The summed E-state index contributed by atoms with van der Waals surface area (Å²) in [7, 11) is -2.25. The highest BCUT2D eigenvalue weighted by molar-refractivity contribution is 7.95. The van der Waals surface area contributed by atoms with Gasteiger partial charge >= 0.3 is 0 Å². The molecule has 2 aliphatic rings. The molecule has 1 aliphatic carbocycles.